The van der Waals surface area contributed by atoms with Crippen molar-refractivity contribution < 1.29 is 38.1 Å². The minimum Gasteiger partial charge on any atom is -0.382 e. The lowest BCUT2D eigenvalue weighted by atomic mass is 10.0. The van der Waals surface area contributed by atoms with E-state index in [0.717, 1.165) is 17.9 Å². The van der Waals surface area contributed by atoms with E-state index in [4.69, 9.17) is 18.9 Å². The van der Waals surface area contributed by atoms with Crippen molar-refractivity contribution in [1.82, 2.24) is 10.2 Å². The number of piperidine rings is 1. The monoisotopic (exact) mass is 519 g/mol. The maximum atomic E-state index is 13.1. The number of ether oxygens (including phenoxy) is 4. The molecule has 2 atom stereocenters. The molecule has 1 saturated heterocycles. The number of hydrogen-bond donors (Lipinski definition) is 2. The van der Waals surface area contributed by atoms with E-state index < -0.39 is 29.7 Å². The standard InChI is InChI=1S/C26H37N3O8/c1-3-18(2)17-37-16-15-36-14-13-35-12-11-34-10-9-27-20-6-4-5-19-23(20)26(33)29(25(19)32)21-7-8-22(30)28-24(21)31/h4-6,18,21,27H,3,7-17H2,1-2H3,(H,28,30,31). The molecule has 2 aliphatic rings. The maximum absolute atomic E-state index is 13.1. The van der Waals surface area contributed by atoms with Gasteiger partial charge in [0.25, 0.3) is 11.8 Å². The summed E-state index contributed by atoms with van der Waals surface area (Å²) in [6.07, 6.45) is 1.30. The molecule has 0 bridgehead atoms. The molecule has 0 aromatic heterocycles. The largest absolute Gasteiger partial charge is 0.382 e. The number of nitrogens with zero attached hydrogens (tertiary/aromatic N) is 1. The first-order valence-corrected chi connectivity index (χ1v) is 12.8. The summed E-state index contributed by atoms with van der Waals surface area (Å²) in [6.45, 7) is 8.78. The molecular weight excluding hydrogens is 482 g/mol. The highest BCUT2D eigenvalue weighted by Crippen LogP contribution is 2.32. The molecule has 3 rings (SSSR count). The molecule has 1 aromatic rings. The highest BCUT2D eigenvalue weighted by atomic mass is 16.6. The van der Waals surface area contributed by atoms with E-state index in [-0.39, 0.29) is 24.0 Å². The summed E-state index contributed by atoms with van der Waals surface area (Å²) < 4.78 is 22.0. The maximum Gasteiger partial charge on any atom is 0.264 e. The van der Waals surface area contributed by atoms with Crippen LogP contribution in [-0.4, -0.2) is 94.0 Å². The van der Waals surface area contributed by atoms with Gasteiger partial charge in [0.05, 0.1) is 57.4 Å². The number of nitrogens with one attached hydrogen (secondary N) is 2. The number of rotatable bonds is 17. The van der Waals surface area contributed by atoms with Crippen LogP contribution in [0.1, 0.15) is 53.8 Å². The molecule has 2 aliphatic heterocycles. The summed E-state index contributed by atoms with van der Waals surface area (Å²) in [5, 5.41) is 5.33. The third kappa shape index (κ3) is 8.06. The molecule has 1 fully saturated rings. The van der Waals surface area contributed by atoms with Crippen LogP contribution in [0.4, 0.5) is 5.69 Å². The smallest absolute Gasteiger partial charge is 0.264 e. The average molecular weight is 520 g/mol. The van der Waals surface area contributed by atoms with Crippen molar-refractivity contribution >= 4 is 29.3 Å². The fraction of sp³-hybridized carbons (Fsp3) is 0.615. The lowest BCUT2D eigenvalue weighted by Gasteiger charge is -2.27. The van der Waals surface area contributed by atoms with Crippen molar-refractivity contribution in [3.63, 3.8) is 0 Å². The molecule has 37 heavy (non-hydrogen) atoms. The number of carbonyl (C=O) groups is 4. The Balaban J connectivity index is 1.30. The Bertz CT molecular complexity index is 954. The zero-order valence-electron chi connectivity index (χ0n) is 21.6. The van der Waals surface area contributed by atoms with Crippen molar-refractivity contribution in [1.29, 1.82) is 0 Å². The van der Waals surface area contributed by atoms with Crippen molar-refractivity contribution in [2.24, 2.45) is 5.92 Å². The van der Waals surface area contributed by atoms with E-state index in [2.05, 4.69) is 24.5 Å². The number of anilines is 1. The van der Waals surface area contributed by atoms with E-state index in [9.17, 15) is 19.2 Å². The first-order chi connectivity index (χ1) is 17.9. The highest BCUT2D eigenvalue weighted by molar-refractivity contribution is 6.25. The summed E-state index contributed by atoms with van der Waals surface area (Å²) >= 11 is 0. The van der Waals surface area contributed by atoms with Gasteiger partial charge in [0, 0.05) is 25.3 Å². The predicted molar refractivity (Wildman–Crippen MR) is 134 cm³/mol. The summed E-state index contributed by atoms with van der Waals surface area (Å²) in [6, 6.07) is 3.95. The Kier molecular flexibility index (Phi) is 11.5. The highest BCUT2D eigenvalue weighted by Gasteiger charge is 2.45. The van der Waals surface area contributed by atoms with Crippen LogP contribution in [0.5, 0.6) is 0 Å². The van der Waals surface area contributed by atoms with E-state index >= 15 is 0 Å². The summed E-state index contributed by atoms with van der Waals surface area (Å²) in [7, 11) is 0. The molecular formula is C26H37N3O8. The van der Waals surface area contributed by atoms with Crippen LogP contribution in [0.2, 0.25) is 0 Å². The number of carbonyl (C=O) groups excluding carboxylic acids is 4. The fourth-order valence-corrected chi connectivity index (χ4v) is 3.98. The van der Waals surface area contributed by atoms with Gasteiger partial charge in [-0.25, -0.2) is 0 Å². The lowest BCUT2D eigenvalue weighted by Crippen LogP contribution is -2.54. The van der Waals surface area contributed by atoms with Crippen molar-refractivity contribution in [2.45, 2.75) is 39.2 Å². The molecule has 0 saturated carbocycles. The van der Waals surface area contributed by atoms with Gasteiger partial charge in [-0.1, -0.05) is 26.3 Å². The molecule has 2 N–H and O–H groups in total. The Morgan fingerprint density at radius 3 is 2.24 bits per heavy atom. The Labute approximate surface area is 217 Å². The zero-order chi connectivity index (χ0) is 26.6. The van der Waals surface area contributed by atoms with E-state index in [0.29, 0.717) is 64.4 Å². The number of hydrogen-bond acceptors (Lipinski definition) is 9. The first kappa shape index (κ1) is 28.7. The Hall–Kier alpha value is -2.86. The number of benzene rings is 1. The third-order valence-electron chi connectivity index (χ3n) is 6.25. The zero-order valence-corrected chi connectivity index (χ0v) is 21.6. The molecule has 0 aliphatic carbocycles. The summed E-state index contributed by atoms with van der Waals surface area (Å²) in [4.78, 5) is 50.5. The number of imide groups is 2. The van der Waals surface area contributed by atoms with E-state index in [1.807, 2.05) is 0 Å². The molecule has 2 heterocycles. The van der Waals surface area contributed by atoms with Crippen LogP contribution in [0, 0.1) is 5.92 Å². The van der Waals surface area contributed by atoms with Gasteiger partial charge >= 0.3 is 0 Å². The van der Waals surface area contributed by atoms with Gasteiger partial charge < -0.3 is 24.3 Å². The summed E-state index contributed by atoms with van der Waals surface area (Å²) in [5.74, 6) is -1.55. The first-order valence-electron chi connectivity index (χ1n) is 12.8. The Morgan fingerprint density at radius 1 is 0.946 bits per heavy atom. The molecule has 4 amide bonds. The van der Waals surface area contributed by atoms with Crippen LogP contribution in [0.25, 0.3) is 0 Å². The molecule has 2 unspecified atom stereocenters. The van der Waals surface area contributed by atoms with Gasteiger partial charge in [-0.3, -0.25) is 29.4 Å². The van der Waals surface area contributed by atoms with E-state index in [1.54, 1.807) is 18.2 Å². The molecule has 11 nitrogen and oxygen atoms in total. The molecule has 0 radical (unpaired) electrons. The average Bonchev–Trinajstić information content (AvgIpc) is 3.14. The minimum atomic E-state index is -0.991. The summed E-state index contributed by atoms with van der Waals surface area (Å²) in [5.41, 5.74) is 0.958. The molecule has 11 heteroatoms. The van der Waals surface area contributed by atoms with Crippen molar-refractivity contribution in [3.05, 3.63) is 29.3 Å². The van der Waals surface area contributed by atoms with E-state index in [1.165, 1.54) is 0 Å². The van der Waals surface area contributed by atoms with Gasteiger partial charge in [0.15, 0.2) is 0 Å². The Morgan fingerprint density at radius 2 is 1.59 bits per heavy atom. The second-order valence-corrected chi connectivity index (χ2v) is 9.03. The van der Waals surface area contributed by atoms with Gasteiger partial charge in [0.2, 0.25) is 11.8 Å². The molecule has 204 valence electrons. The van der Waals surface area contributed by atoms with Gasteiger partial charge in [-0.15, -0.1) is 0 Å². The predicted octanol–water partition coefficient (Wildman–Crippen LogP) is 1.61. The van der Waals surface area contributed by atoms with Crippen molar-refractivity contribution in [3.8, 4) is 0 Å². The lowest BCUT2D eigenvalue weighted by molar-refractivity contribution is -0.136. The van der Waals surface area contributed by atoms with Crippen molar-refractivity contribution in [2.75, 3.05) is 64.7 Å². The van der Waals surface area contributed by atoms with Crippen LogP contribution in [-0.2, 0) is 28.5 Å². The SMILES string of the molecule is CCC(C)COCCOCCOCCOCCNc1cccc2c1C(=O)N(C1CCC(=O)NC1=O)C2=O. The third-order valence-corrected chi connectivity index (χ3v) is 6.25. The second kappa shape index (κ2) is 14.8. The van der Waals surface area contributed by atoms with Gasteiger partial charge in [-0.2, -0.15) is 0 Å². The number of fused-ring (bicyclic) bond motifs is 1. The van der Waals surface area contributed by atoms with Crippen LogP contribution in [0.3, 0.4) is 0 Å². The molecule has 0 spiro atoms. The second-order valence-electron chi connectivity index (χ2n) is 9.03. The molecule has 1 aromatic carbocycles. The van der Waals surface area contributed by atoms with Crippen LogP contribution >= 0.6 is 0 Å². The van der Waals surface area contributed by atoms with Gasteiger partial charge in [-0.05, 0) is 24.5 Å². The minimum absolute atomic E-state index is 0.0798. The number of amides is 4. The topological polar surface area (TPSA) is 132 Å². The van der Waals surface area contributed by atoms with Crippen LogP contribution < -0.4 is 10.6 Å². The normalized spacial score (nSPS) is 18.2. The fourth-order valence-electron chi connectivity index (χ4n) is 3.98. The van der Waals surface area contributed by atoms with Gasteiger partial charge in [0.1, 0.15) is 6.04 Å². The van der Waals surface area contributed by atoms with Crippen LogP contribution in [0.15, 0.2) is 18.2 Å². The quantitative estimate of drug-likeness (QED) is 0.233.